The van der Waals surface area contributed by atoms with Crippen LogP contribution in [0, 0.1) is 13.8 Å². The monoisotopic (exact) mass is 445 g/mol. The fraction of sp³-hybridized carbons (Fsp3) is 0.0833. The first-order valence-corrected chi connectivity index (χ1v) is 10.2. The van der Waals surface area contributed by atoms with Crippen LogP contribution in [0.1, 0.15) is 17.0 Å². The van der Waals surface area contributed by atoms with Gasteiger partial charge in [-0.3, -0.25) is 4.79 Å². The molecule has 0 atom stereocenters. The fourth-order valence-corrected chi connectivity index (χ4v) is 3.12. The second-order valence-electron chi connectivity index (χ2n) is 7.07. The summed E-state index contributed by atoms with van der Waals surface area (Å²) in [6.45, 7) is 3.89. The first kappa shape index (κ1) is 21.3. The van der Waals surface area contributed by atoms with E-state index in [9.17, 15) is 4.79 Å². The van der Waals surface area contributed by atoms with Crippen molar-refractivity contribution in [1.29, 1.82) is 0 Å². The molecule has 0 saturated carbocycles. The lowest BCUT2D eigenvalue weighted by atomic mass is 10.2. The van der Waals surface area contributed by atoms with E-state index in [2.05, 4.69) is 20.6 Å². The van der Waals surface area contributed by atoms with Gasteiger partial charge in [0.25, 0.3) is 0 Å². The van der Waals surface area contributed by atoms with Crippen molar-refractivity contribution >= 4 is 29.3 Å². The van der Waals surface area contributed by atoms with E-state index in [4.69, 9.17) is 16.3 Å². The number of hydrogen-bond acceptors (Lipinski definition) is 5. The fourth-order valence-electron chi connectivity index (χ4n) is 3.00. The number of nitrogens with one attached hydrogen (secondary N) is 1. The lowest BCUT2D eigenvalue weighted by Gasteiger charge is -2.07. The second-order valence-corrected chi connectivity index (χ2v) is 7.51. The van der Waals surface area contributed by atoms with Gasteiger partial charge in [-0.1, -0.05) is 23.7 Å². The highest BCUT2D eigenvalue weighted by Gasteiger charge is 2.07. The Kier molecular flexibility index (Phi) is 6.28. The van der Waals surface area contributed by atoms with E-state index >= 15 is 0 Å². The van der Waals surface area contributed by atoms with Gasteiger partial charge < -0.3 is 10.1 Å². The van der Waals surface area contributed by atoms with Gasteiger partial charge in [-0.05, 0) is 74.0 Å². The number of rotatable bonds is 6. The van der Waals surface area contributed by atoms with Crippen LogP contribution < -0.4 is 10.1 Å². The van der Waals surface area contributed by atoms with Gasteiger partial charge in [-0.25, -0.2) is 4.68 Å². The average Bonchev–Trinajstić information content (AvgIpc) is 3.13. The van der Waals surface area contributed by atoms with Crippen molar-refractivity contribution in [3.8, 4) is 17.4 Å². The summed E-state index contributed by atoms with van der Waals surface area (Å²) in [6, 6.07) is 19.7. The third-order valence-electron chi connectivity index (χ3n) is 4.49. The Morgan fingerprint density at radius 1 is 1.00 bits per heavy atom. The van der Waals surface area contributed by atoms with Gasteiger partial charge in [0.15, 0.2) is 5.82 Å². The Bertz CT molecular complexity index is 1250. The predicted molar refractivity (Wildman–Crippen MR) is 124 cm³/mol. The molecule has 1 amide bonds. The van der Waals surface area contributed by atoms with Crippen molar-refractivity contribution in [2.75, 3.05) is 5.32 Å². The SMILES string of the molecule is Cc1cc(C)n(-c2ccc(Oc3ccc(NC(=O)/C=C/c4ccc(Cl)cc4)cc3)nn2)n1. The smallest absolute Gasteiger partial charge is 0.248 e. The highest BCUT2D eigenvalue weighted by atomic mass is 35.5. The van der Waals surface area contributed by atoms with Gasteiger partial charge in [0.05, 0.1) is 5.69 Å². The first-order valence-electron chi connectivity index (χ1n) is 9.86. The molecule has 7 nitrogen and oxygen atoms in total. The minimum atomic E-state index is -0.237. The lowest BCUT2D eigenvalue weighted by molar-refractivity contribution is -0.111. The number of aromatic nitrogens is 4. The molecule has 1 N–H and O–H groups in total. The standard InChI is InChI=1S/C24H20ClN5O2/c1-16-15-17(2)30(29-16)22-12-14-24(28-27-22)32-21-10-8-20(9-11-21)26-23(31)13-5-18-3-6-19(25)7-4-18/h3-15H,1-2H3,(H,26,31)/b13-5+. The molecule has 0 radical (unpaired) electrons. The third-order valence-corrected chi connectivity index (χ3v) is 4.75. The van der Waals surface area contributed by atoms with Crippen molar-refractivity contribution in [3.63, 3.8) is 0 Å². The van der Waals surface area contributed by atoms with Crippen LogP contribution in [-0.2, 0) is 4.79 Å². The summed E-state index contributed by atoms with van der Waals surface area (Å²) in [6.07, 6.45) is 3.19. The number of amides is 1. The van der Waals surface area contributed by atoms with E-state index in [-0.39, 0.29) is 5.91 Å². The molecule has 2 heterocycles. The molecular weight excluding hydrogens is 426 g/mol. The molecule has 32 heavy (non-hydrogen) atoms. The zero-order chi connectivity index (χ0) is 22.5. The number of carbonyl (C=O) groups is 1. The van der Waals surface area contributed by atoms with E-state index in [1.165, 1.54) is 6.08 Å². The average molecular weight is 446 g/mol. The molecular formula is C24H20ClN5O2. The minimum absolute atomic E-state index is 0.237. The van der Waals surface area contributed by atoms with E-state index in [0.29, 0.717) is 28.2 Å². The summed E-state index contributed by atoms with van der Waals surface area (Å²) in [5.74, 6) is 1.32. The van der Waals surface area contributed by atoms with Crippen molar-refractivity contribution in [2.24, 2.45) is 0 Å². The summed E-state index contributed by atoms with van der Waals surface area (Å²) in [7, 11) is 0. The lowest BCUT2D eigenvalue weighted by Crippen LogP contribution is -2.07. The highest BCUT2D eigenvalue weighted by molar-refractivity contribution is 6.30. The van der Waals surface area contributed by atoms with E-state index < -0.39 is 0 Å². The number of ether oxygens (including phenoxy) is 1. The van der Waals surface area contributed by atoms with Crippen LogP contribution in [0.25, 0.3) is 11.9 Å². The number of anilines is 1. The highest BCUT2D eigenvalue weighted by Crippen LogP contribution is 2.22. The number of nitrogens with zero attached hydrogens (tertiary/aromatic N) is 4. The zero-order valence-electron chi connectivity index (χ0n) is 17.5. The predicted octanol–water partition coefficient (Wildman–Crippen LogP) is 5.38. The van der Waals surface area contributed by atoms with Gasteiger partial charge in [-0.2, -0.15) is 5.10 Å². The van der Waals surface area contributed by atoms with Crippen LogP contribution in [0.4, 0.5) is 5.69 Å². The number of hydrogen-bond donors (Lipinski definition) is 1. The Hall–Kier alpha value is -3.97. The summed E-state index contributed by atoms with van der Waals surface area (Å²) < 4.78 is 7.47. The molecule has 0 aliphatic carbocycles. The summed E-state index contributed by atoms with van der Waals surface area (Å²) >= 11 is 5.86. The Morgan fingerprint density at radius 3 is 2.38 bits per heavy atom. The summed E-state index contributed by atoms with van der Waals surface area (Å²) in [4.78, 5) is 12.1. The van der Waals surface area contributed by atoms with Crippen LogP contribution in [0.15, 0.2) is 72.8 Å². The molecule has 0 saturated heterocycles. The third kappa shape index (κ3) is 5.39. The van der Waals surface area contributed by atoms with Crippen molar-refractivity contribution < 1.29 is 9.53 Å². The number of carbonyl (C=O) groups excluding carboxylic acids is 1. The van der Waals surface area contributed by atoms with Gasteiger partial charge >= 0.3 is 0 Å². The molecule has 0 unspecified atom stereocenters. The molecule has 0 bridgehead atoms. The molecule has 0 spiro atoms. The van der Waals surface area contributed by atoms with Gasteiger partial charge in [-0.15, -0.1) is 10.2 Å². The first-order chi connectivity index (χ1) is 15.5. The Labute approximate surface area is 190 Å². The van der Waals surface area contributed by atoms with Gasteiger partial charge in [0.2, 0.25) is 11.8 Å². The second kappa shape index (κ2) is 9.45. The number of benzene rings is 2. The molecule has 0 aliphatic heterocycles. The van der Waals surface area contributed by atoms with Crippen LogP contribution in [0.5, 0.6) is 11.6 Å². The van der Waals surface area contributed by atoms with Crippen molar-refractivity contribution in [1.82, 2.24) is 20.0 Å². The maximum atomic E-state index is 12.1. The number of halogens is 1. The van der Waals surface area contributed by atoms with Gasteiger partial charge in [0.1, 0.15) is 5.75 Å². The molecule has 0 fully saturated rings. The Morgan fingerprint density at radius 2 is 1.75 bits per heavy atom. The summed E-state index contributed by atoms with van der Waals surface area (Å²) in [5, 5.41) is 16.1. The van der Waals surface area contributed by atoms with Gasteiger partial charge in [0, 0.05) is 28.5 Å². The van der Waals surface area contributed by atoms with Crippen LogP contribution in [-0.4, -0.2) is 25.9 Å². The molecule has 160 valence electrons. The number of aryl methyl sites for hydroxylation is 2. The summed E-state index contributed by atoms with van der Waals surface area (Å²) in [5.41, 5.74) is 3.43. The molecule has 4 rings (SSSR count). The van der Waals surface area contributed by atoms with E-state index in [0.717, 1.165) is 17.0 Å². The van der Waals surface area contributed by atoms with Crippen LogP contribution in [0.2, 0.25) is 5.02 Å². The largest absolute Gasteiger partial charge is 0.438 e. The zero-order valence-corrected chi connectivity index (χ0v) is 18.2. The topological polar surface area (TPSA) is 81.9 Å². The maximum absolute atomic E-state index is 12.1. The molecule has 4 aromatic rings. The molecule has 2 aromatic heterocycles. The van der Waals surface area contributed by atoms with E-state index in [1.807, 2.05) is 32.0 Å². The molecule has 0 aliphatic rings. The normalized spacial score (nSPS) is 11.0. The van der Waals surface area contributed by atoms with E-state index in [1.54, 1.807) is 59.3 Å². The van der Waals surface area contributed by atoms with Crippen molar-refractivity contribution in [3.05, 3.63) is 94.8 Å². The molecule has 2 aromatic carbocycles. The van der Waals surface area contributed by atoms with Crippen LogP contribution in [0.3, 0.4) is 0 Å². The maximum Gasteiger partial charge on any atom is 0.248 e. The van der Waals surface area contributed by atoms with Crippen molar-refractivity contribution in [2.45, 2.75) is 13.8 Å². The Balaban J connectivity index is 1.35. The minimum Gasteiger partial charge on any atom is -0.438 e. The van der Waals surface area contributed by atoms with Crippen LogP contribution >= 0.6 is 11.6 Å². The molecule has 8 heteroatoms. The quantitative estimate of drug-likeness (QED) is 0.403.